The summed E-state index contributed by atoms with van der Waals surface area (Å²) in [5.41, 5.74) is -4.89. The number of carbonyl (C=O) groups excluding carboxylic acids is 1. The molecule has 174 valence electrons. The Kier molecular flexibility index (Phi) is 6.10. The Hall–Kier alpha value is -2.08. The van der Waals surface area contributed by atoms with Crippen molar-refractivity contribution in [2.24, 2.45) is 16.2 Å². The van der Waals surface area contributed by atoms with Gasteiger partial charge in [0.25, 0.3) is 0 Å². The molecular formula is C25H39NO5. The fraction of sp³-hybridized carbons (Fsp3) is 0.680. The SMILES string of the molecule is CC(C)(C)OC(=O)N[C@@]1(C(=O)O)C(C)(C)C(C)(C)C(C)(C)[C@@]1(C)OCc1ccccc1. The number of carboxylic acid groups (broad SMARTS) is 1. The second kappa shape index (κ2) is 7.51. The predicted molar refractivity (Wildman–Crippen MR) is 121 cm³/mol. The van der Waals surface area contributed by atoms with Crippen LogP contribution in [0.5, 0.6) is 0 Å². The standard InChI is InChI=1S/C25H39NO5/c1-20(2,3)31-19(29)26-25(18(27)28)23(8,9)21(4,5)22(6,7)24(25,10)30-16-17-14-12-11-13-15-17/h11-15H,16H2,1-10H3,(H,26,29)(H,27,28)/t24-,25+/m1/s1. The predicted octanol–water partition coefficient (Wildman–Crippen LogP) is 5.40. The van der Waals surface area contributed by atoms with E-state index in [-0.39, 0.29) is 6.61 Å². The lowest BCUT2D eigenvalue weighted by atomic mass is 9.58. The van der Waals surface area contributed by atoms with Gasteiger partial charge >= 0.3 is 12.1 Å². The Morgan fingerprint density at radius 2 is 1.42 bits per heavy atom. The highest BCUT2D eigenvalue weighted by Crippen LogP contribution is 2.72. The van der Waals surface area contributed by atoms with Crippen molar-refractivity contribution in [1.29, 1.82) is 0 Å². The van der Waals surface area contributed by atoms with E-state index in [4.69, 9.17) is 9.47 Å². The van der Waals surface area contributed by atoms with Crippen molar-refractivity contribution < 1.29 is 24.2 Å². The molecule has 1 saturated carbocycles. The van der Waals surface area contributed by atoms with E-state index >= 15 is 0 Å². The summed E-state index contributed by atoms with van der Waals surface area (Å²) in [6.45, 7) is 19.2. The molecule has 1 aromatic carbocycles. The average Bonchev–Trinajstić information content (AvgIpc) is 2.68. The number of rotatable bonds is 5. The number of nitrogens with one attached hydrogen (secondary N) is 1. The first-order chi connectivity index (χ1) is 13.9. The Balaban J connectivity index is 2.68. The highest BCUT2D eigenvalue weighted by molar-refractivity contribution is 5.88. The molecule has 31 heavy (non-hydrogen) atoms. The van der Waals surface area contributed by atoms with Crippen LogP contribution >= 0.6 is 0 Å². The topological polar surface area (TPSA) is 84.9 Å². The van der Waals surface area contributed by atoms with Gasteiger partial charge in [-0.3, -0.25) is 0 Å². The molecule has 1 amide bonds. The lowest BCUT2D eigenvalue weighted by Gasteiger charge is -2.50. The molecular weight excluding hydrogens is 394 g/mol. The van der Waals surface area contributed by atoms with Crippen molar-refractivity contribution in [2.75, 3.05) is 0 Å². The van der Waals surface area contributed by atoms with Crippen LogP contribution in [0.4, 0.5) is 4.79 Å². The second-order valence-corrected chi connectivity index (χ2v) is 11.4. The molecule has 0 unspecified atom stereocenters. The van der Waals surface area contributed by atoms with Crippen LogP contribution in [0.2, 0.25) is 0 Å². The van der Waals surface area contributed by atoms with Crippen molar-refractivity contribution in [1.82, 2.24) is 5.32 Å². The molecule has 0 spiro atoms. The third kappa shape index (κ3) is 3.53. The van der Waals surface area contributed by atoms with Crippen molar-refractivity contribution in [3.8, 4) is 0 Å². The van der Waals surface area contributed by atoms with E-state index in [9.17, 15) is 14.7 Å². The lowest BCUT2D eigenvalue weighted by Crippen LogP contribution is -2.73. The number of hydrogen-bond donors (Lipinski definition) is 2. The average molecular weight is 434 g/mol. The van der Waals surface area contributed by atoms with E-state index in [2.05, 4.69) is 5.32 Å². The summed E-state index contributed by atoms with van der Waals surface area (Å²) in [6, 6.07) is 9.62. The largest absolute Gasteiger partial charge is 0.479 e. The highest BCUT2D eigenvalue weighted by atomic mass is 16.6. The number of benzene rings is 1. The Morgan fingerprint density at radius 1 is 0.903 bits per heavy atom. The summed E-state index contributed by atoms with van der Waals surface area (Å²) in [6.07, 6.45) is -0.772. The smallest absolute Gasteiger partial charge is 0.408 e. The molecule has 6 heteroatoms. The van der Waals surface area contributed by atoms with Crippen molar-refractivity contribution in [3.05, 3.63) is 35.9 Å². The van der Waals surface area contributed by atoms with E-state index in [0.29, 0.717) is 0 Å². The van der Waals surface area contributed by atoms with Gasteiger partial charge in [-0.05, 0) is 38.7 Å². The van der Waals surface area contributed by atoms with Crippen LogP contribution in [0.15, 0.2) is 30.3 Å². The second-order valence-electron chi connectivity index (χ2n) is 11.4. The summed E-state index contributed by atoms with van der Waals surface area (Å²) in [4.78, 5) is 26.0. The summed E-state index contributed by atoms with van der Waals surface area (Å²) in [5.74, 6) is -1.14. The van der Waals surface area contributed by atoms with Gasteiger partial charge in [-0.25, -0.2) is 9.59 Å². The number of hydrogen-bond acceptors (Lipinski definition) is 4. The number of alkyl carbamates (subject to hydrolysis) is 1. The molecule has 2 atom stereocenters. The van der Waals surface area contributed by atoms with Crippen molar-refractivity contribution >= 4 is 12.1 Å². The van der Waals surface area contributed by atoms with Gasteiger partial charge in [0.15, 0.2) is 5.54 Å². The monoisotopic (exact) mass is 433 g/mol. The molecule has 1 aliphatic carbocycles. The molecule has 2 N–H and O–H groups in total. The number of ether oxygens (including phenoxy) is 2. The number of carboxylic acids is 1. The zero-order chi connectivity index (χ0) is 24.1. The molecule has 0 radical (unpaired) electrons. The van der Waals surface area contributed by atoms with E-state index in [1.807, 2.05) is 71.9 Å². The molecule has 0 aromatic heterocycles. The summed E-state index contributed by atoms with van der Waals surface area (Å²) in [7, 11) is 0. The molecule has 0 saturated heterocycles. The first-order valence-electron chi connectivity index (χ1n) is 10.8. The van der Waals surface area contributed by atoms with Crippen LogP contribution in [0, 0.1) is 16.2 Å². The minimum Gasteiger partial charge on any atom is -0.479 e. The molecule has 0 heterocycles. The van der Waals surface area contributed by atoms with Gasteiger partial charge in [0.2, 0.25) is 0 Å². The number of amides is 1. The minimum atomic E-state index is -1.75. The van der Waals surface area contributed by atoms with Gasteiger partial charge in [0.05, 0.1) is 6.61 Å². The lowest BCUT2D eigenvalue weighted by molar-refractivity contribution is -0.185. The Morgan fingerprint density at radius 3 is 1.87 bits per heavy atom. The van der Waals surface area contributed by atoms with E-state index < -0.39 is 45.0 Å². The zero-order valence-corrected chi connectivity index (χ0v) is 20.7. The van der Waals surface area contributed by atoms with E-state index in [1.165, 1.54) is 0 Å². The van der Waals surface area contributed by atoms with E-state index in [0.717, 1.165) is 5.56 Å². The normalized spacial score (nSPS) is 28.7. The third-order valence-electron chi connectivity index (χ3n) is 8.35. The maximum Gasteiger partial charge on any atom is 0.408 e. The fourth-order valence-electron chi connectivity index (χ4n) is 5.26. The van der Waals surface area contributed by atoms with Gasteiger partial charge in [0, 0.05) is 10.8 Å². The molecule has 0 bridgehead atoms. The molecule has 1 aliphatic rings. The number of carbonyl (C=O) groups is 2. The first-order valence-corrected chi connectivity index (χ1v) is 10.8. The van der Waals surface area contributed by atoms with Crippen LogP contribution in [0.25, 0.3) is 0 Å². The van der Waals surface area contributed by atoms with Crippen LogP contribution in [-0.2, 0) is 20.9 Å². The van der Waals surface area contributed by atoms with Gasteiger partial charge in [0.1, 0.15) is 11.2 Å². The van der Waals surface area contributed by atoms with E-state index in [1.54, 1.807) is 27.7 Å². The van der Waals surface area contributed by atoms with Gasteiger partial charge in [-0.15, -0.1) is 0 Å². The van der Waals surface area contributed by atoms with Gasteiger partial charge in [-0.2, -0.15) is 0 Å². The molecule has 6 nitrogen and oxygen atoms in total. The third-order valence-corrected chi connectivity index (χ3v) is 8.35. The van der Waals surface area contributed by atoms with Gasteiger partial charge in [-0.1, -0.05) is 71.9 Å². The van der Waals surface area contributed by atoms with Gasteiger partial charge < -0.3 is 19.9 Å². The highest BCUT2D eigenvalue weighted by Gasteiger charge is 2.82. The van der Waals surface area contributed by atoms with Crippen molar-refractivity contribution in [2.45, 2.75) is 92.6 Å². The molecule has 2 rings (SSSR count). The molecule has 0 aliphatic heterocycles. The fourth-order valence-corrected chi connectivity index (χ4v) is 5.26. The summed E-state index contributed by atoms with van der Waals surface area (Å²) < 4.78 is 12.0. The van der Waals surface area contributed by atoms with Crippen LogP contribution in [0.1, 0.15) is 74.8 Å². The maximum atomic E-state index is 13.1. The minimum absolute atomic E-state index is 0.220. The van der Waals surface area contributed by atoms with Crippen LogP contribution in [0.3, 0.4) is 0 Å². The summed E-state index contributed by atoms with van der Waals surface area (Å²) >= 11 is 0. The quantitative estimate of drug-likeness (QED) is 0.649. The molecule has 1 fully saturated rings. The Labute approximate surface area is 186 Å². The Bertz CT molecular complexity index is 837. The summed E-state index contributed by atoms with van der Waals surface area (Å²) in [5, 5.41) is 13.5. The van der Waals surface area contributed by atoms with Crippen LogP contribution in [-0.4, -0.2) is 33.9 Å². The maximum absolute atomic E-state index is 13.1. The number of aliphatic carboxylic acids is 1. The zero-order valence-electron chi connectivity index (χ0n) is 20.7. The first kappa shape index (κ1) is 25.2. The van der Waals surface area contributed by atoms with Crippen LogP contribution < -0.4 is 5.32 Å². The molecule has 1 aromatic rings. The van der Waals surface area contributed by atoms with Crippen molar-refractivity contribution in [3.63, 3.8) is 0 Å².